The third kappa shape index (κ3) is 3.19. The molecule has 0 fully saturated rings. The van der Waals surface area contributed by atoms with Gasteiger partial charge in [-0.15, -0.1) is 0 Å². The van der Waals surface area contributed by atoms with Gasteiger partial charge in [0.1, 0.15) is 17.1 Å². The number of nitrogens with zero attached hydrogens (tertiary/aromatic N) is 6. The average Bonchev–Trinajstić information content (AvgIpc) is 3.22. The number of aromatic nitrogens is 6. The first-order chi connectivity index (χ1) is 14.3. The monoisotopic (exact) mass is 380 g/mol. The van der Waals surface area contributed by atoms with Crippen molar-refractivity contribution in [3.05, 3.63) is 79.3 Å². The van der Waals surface area contributed by atoms with E-state index in [1.807, 2.05) is 66.9 Å². The third-order valence-electron chi connectivity index (χ3n) is 4.51. The standard InChI is InChI=1S/C22H16N6O/c1-29-16-10-8-15(9-11-16)19-14-28-22(25-19)26-20(17-6-2-4-12-23-17)21(27-28)18-7-3-5-13-24-18/h2-14H,1H3. The zero-order chi connectivity index (χ0) is 19.6. The van der Waals surface area contributed by atoms with Crippen LogP contribution in [0.4, 0.5) is 0 Å². The molecule has 4 aromatic heterocycles. The number of hydrogen-bond donors (Lipinski definition) is 0. The molecule has 0 amide bonds. The number of rotatable bonds is 4. The molecule has 1 aromatic carbocycles. The van der Waals surface area contributed by atoms with Crippen molar-refractivity contribution in [3.63, 3.8) is 0 Å². The summed E-state index contributed by atoms with van der Waals surface area (Å²) in [4.78, 5) is 18.3. The molecule has 5 rings (SSSR count). The van der Waals surface area contributed by atoms with Crippen LogP contribution >= 0.6 is 0 Å². The molecule has 0 unspecified atom stereocenters. The smallest absolute Gasteiger partial charge is 0.251 e. The van der Waals surface area contributed by atoms with Crippen molar-refractivity contribution in [2.75, 3.05) is 7.11 Å². The van der Waals surface area contributed by atoms with E-state index in [4.69, 9.17) is 14.8 Å². The van der Waals surface area contributed by atoms with Crippen molar-refractivity contribution in [1.82, 2.24) is 29.5 Å². The highest BCUT2D eigenvalue weighted by Crippen LogP contribution is 2.28. The highest BCUT2D eigenvalue weighted by molar-refractivity contribution is 5.75. The van der Waals surface area contributed by atoms with Gasteiger partial charge in [-0.05, 0) is 48.5 Å². The summed E-state index contributed by atoms with van der Waals surface area (Å²) in [6, 6.07) is 19.1. The van der Waals surface area contributed by atoms with E-state index in [2.05, 4.69) is 15.0 Å². The van der Waals surface area contributed by atoms with E-state index < -0.39 is 0 Å². The molecule has 29 heavy (non-hydrogen) atoms. The Hall–Kier alpha value is -4.13. The molecule has 0 saturated heterocycles. The van der Waals surface area contributed by atoms with Crippen molar-refractivity contribution in [3.8, 4) is 39.8 Å². The highest BCUT2D eigenvalue weighted by Gasteiger charge is 2.17. The lowest BCUT2D eigenvalue weighted by molar-refractivity contribution is 0.415. The van der Waals surface area contributed by atoms with E-state index in [0.717, 1.165) is 28.4 Å². The Morgan fingerprint density at radius 1 is 0.724 bits per heavy atom. The topological polar surface area (TPSA) is 78.1 Å². The molecule has 7 heteroatoms. The molecule has 0 bridgehead atoms. The lowest BCUT2D eigenvalue weighted by Gasteiger charge is -2.07. The van der Waals surface area contributed by atoms with Crippen LogP contribution in [0.15, 0.2) is 79.3 Å². The number of imidazole rings is 1. The second kappa shape index (κ2) is 7.12. The molecule has 0 N–H and O–H groups in total. The summed E-state index contributed by atoms with van der Waals surface area (Å²) in [6.07, 6.45) is 5.33. The van der Waals surface area contributed by atoms with Crippen molar-refractivity contribution in [2.45, 2.75) is 0 Å². The van der Waals surface area contributed by atoms with Crippen LogP contribution in [0.2, 0.25) is 0 Å². The van der Waals surface area contributed by atoms with Crippen molar-refractivity contribution < 1.29 is 4.74 Å². The van der Waals surface area contributed by atoms with Crippen LogP contribution in [0.25, 0.3) is 39.8 Å². The number of ether oxygens (including phenoxy) is 1. The molecular formula is C22H16N6O. The summed E-state index contributed by atoms with van der Waals surface area (Å²) in [5.74, 6) is 1.29. The number of benzene rings is 1. The van der Waals surface area contributed by atoms with Crippen LogP contribution in [0.1, 0.15) is 0 Å². The van der Waals surface area contributed by atoms with Crippen LogP contribution in [-0.4, -0.2) is 36.7 Å². The summed E-state index contributed by atoms with van der Waals surface area (Å²) in [5.41, 5.74) is 4.47. The van der Waals surface area contributed by atoms with Gasteiger partial charge in [0, 0.05) is 18.0 Å². The first-order valence-corrected chi connectivity index (χ1v) is 9.06. The number of fused-ring (bicyclic) bond motifs is 1. The van der Waals surface area contributed by atoms with E-state index in [-0.39, 0.29) is 0 Å². The van der Waals surface area contributed by atoms with Gasteiger partial charge >= 0.3 is 0 Å². The van der Waals surface area contributed by atoms with Gasteiger partial charge in [-0.1, -0.05) is 12.1 Å². The Morgan fingerprint density at radius 2 is 1.41 bits per heavy atom. The predicted octanol–water partition coefficient (Wildman–Crippen LogP) is 3.92. The molecule has 0 spiro atoms. The molecule has 0 atom stereocenters. The van der Waals surface area contributed by atoms with E-state index in [9.17, 15) is 0 Å². The Labute approximate surface area is 166 Å². The number of methoxy groups -OCH3 is 1. The van der Waals surface area contributed by atoms with Crippen molar-refractivity contribution in [1.29, 1.82) is 0 Å². The van der Waals surface area contributed by atoms with Gasteiger partial charge < -0.3 is 4.74 Å². The second-order valence-corrected chi connectivity index (χ2v) is 6.34. The van der Waals surface area contributed by atoms with E-state index in [1.54, 1.807) is 24.0 Å². The summed E-state index contributed by atoms with van der Waals surface area (Å²) >= 11 is 0. The number of hydrogen-bond acceptors (Lipinski definition) is 6. The van der Waals surface area contributed by atoms with Gasteiger partial charge in [0.2, 0.25) is 0 Å². The van der Waals surface area contributed by atoms with Crippen molar-refractivity contribution in [2.24, 2.45) is 0 Å². The molecule has 0 aliphatic rings. The summed E-state index contributed by atoms with van der Waals surface area (Å²) in [7, 11) is 1.64. The predicted molar refractivity (Wildman–Crippen MR) is 109 cm³/mol. The fourth-order valence-corrected chi connectivity index (χ4v) is 3.08. The van der Waals surface area contributed by atoms with Crippen molar-refractivity contribution >= 4 is 5.78 Å². The fourth-order valence-electron chi connectivity index (χ4n) is 3.08. The normalized spacial score (nSPS) is 10.9. The van der Waals surface area contributed by atoms with Gasteiger partial charge in [0.25, 0.3) is 5.78 Å². The molecule has 0 saturated carbocycles. The zero-order valence-corrected chi connectivity index (χ0v) is 15.6. The van der Waals surface area contributed by atoms with Gasteiger partial charge in [0.15, 0.2) is 0 Å². The minimum Gasteiger partial charge on any atom is -0.497 e. The maximum Gasteiger partial charge on any atom is 0.251 e. The van der Waals surface area contributed by atoms with Crippen LogP contribution < -0.4 is 4.74 Å². The summed E-state index contributed by atoms with van der Waals surface area (Å²) < 4.78 is 6.91. The first-order valence-electron chi connectivity index (χ1n) is 9.06. The lowest BCUT2D eigenvalue weighted by Crippen LogP contribution is -2.02. The van der Waals surface area contributed by atoms with Crippen LogP contribution in [0.3, 0.4) is 0 Å². The first kappa shape index (κ1) is 17.0. The molecule has 4 heterocycles. The molecule has 0 aliphatic heterocycles. The molecule has 0 radical (unpaired) electrons. The molecule has 0 aliphatic carbocycles. The summed E-state index contributed by atoms with van der Waals surface area (Å²) in [5, 5.41) is 4.77. The molecular weight excluding hydrogens is 364 g/mol. The molecule has 7 nitrogen and oxygen atoms in total. The maximum atomic E-state index is 5.23. The van der Waals surface area contributed by atoms with Crippen LogP contribution in [-0.2, 0) is 0 Å². The fraction of sp³-hybridized carbons (Fsp3) is 0.0455. The van der Waals surface area contributed by atoms with Gasteiger partial charge in [-0.3, -0.25) is 9.97 Å². The lowest BCUT2D eigenvalue weighted by atomic mass is 10.1. The molecule has 5 aromatic rings. The quantitative estimate of drug-likeness (QED) is 0.470. The SMILES string of the molecule is COc1ccc(-c2cn3nc(-c4ccccn4)c(-c4ccccn4)nc3n2)cc1. The maximum absolute atomic E-state index is 5.23. The average molecular weight is 380 g/mol. The van der Waals surface area contributed by atoms with E-state index in [0.29, 0.717) is 17.2 Å². The van der Waals surface area contributed by atoms with E-state index in [1.165, 1.54) is 0 Å². The van der Waals surface area contributed by atoms with Gasteiger partial charge in [-0.25, -0.2) is 14.5 Å². The third-order valence-corrected chi connectivity index (χ3v) is 4.51. The molecule has 140 valence electrons. The minimum absolute atomic E-state index is 0.496. The zero-order valence-electron chi connectivity index (χ0n) is 15.6. The van der Waals surface area contributed by atoms with Crippen LogP contribution in [0, 0.1) is 0 Å². The number of pyridine rings is 2. The largest absolute Gasteiger partial charge is 0.497 e. The second-order valence-electron chi connectivity index (χ2n) is 6.34. The van der Waals surface area contributed by atoms with Gasteiger partial charge in [-0.2, -0.15) is 5.10 Å². The highest BCUT2D eigenvalue weighted by atomic mass is 16.5. The summed E-state index contributed by atoms with van der Waals surface area (Å²) in [6.45, 7) is 0. The Morgan fingerprint density at radius 3 is 2.03 bits per heavy atom. The van der Waals surface area contributed by atoms with Crippen LogP contribution in [0.5, 0.6) is 5.75 Å². The minimum atomic E-state index is 0.496. The Bertz CT molecular complexity index is 1190. The Kier molecular flexibility index (Phi) is 4.18. The van der Waals surface area contributed by atoms with Gasteiger partial charge in [0.05, 0.1) is 30.4 Å². The Balaban J connectivity index is 1.69. The van der Waals surface area contributed by atoms with E-state index >= 15 is 0 Å².